The Labute approximate surface area is 95.9 Å². The molecule has 0 saturated carbocycles. The first kappa shape index (κ1) is 10.9. The van der Waals surface area contributed by atoms with Gasteiger partial charge in [0.2, 0.25) is 0 Å². The van der Waals surface area contributed by atoms with E-state index in [9.17, 15) is 0 Å². The van der Waals surface area contributed by atoms with E-state index in [-0.39, 0.29) is 0 Å². The first-order valence-corrected chi connectivity index (χ1v) is 5.54. The lowest BCUT2D eigenvalue weighted by molar-refractivity contribution is 0.532. The standard InChI is InChI=1S/C13H17N3/c1-10(2)16-9-13(8-15-16)12-5-3-4-11(6-12)7-14/h3-6,8-10H,7,14H2,1-2H3. The van der Waals surface area contributed by atoms with Gasteiger partial charge in [0.15, 0.2) is 0 Å². The Morgan fingerprint density at radius 1 is 1.31 bits per heavy atom. The van der Waals surface area contributed by atoms with Crippen molar-refractivity contribution in [2.45, 2.75) is 26.4 Å². The molecular weight excluding hydrogens is 198 g/mol. The predicted molar refractivity (Wildman–Crippen MR) is 65.9 cm³/mol. The Hall–Kier alpha value is -1.61. The molecule has 16 heavy (non-hydrogen) atoms. The molecule has 0 spiro atoms. The third-order valence-electron chi connectivity index (χ3n) is 2.63. The van der Waals surface area contributed by atoms with E-state index in [0.29, 0.717) is 12.6 Å². The molecule has 1 aromatic carbocycles. The number of hydrogen-bond donors (Lipinski definition) is 1. The summed E-state index contributed by atoms with van der Waals surface area (Å²) in [6, 6.07) is 8.66. The molecule has 0 amide bonds. The molecule has 84 valence electrons. The summed E-state index contributed by atoms with van der Waals surface area (Å²) in [7, 11) is 0. The van der Waals surface area contributed by atoms with E-state index in [1.165, 1.54) is 5.56 Å². The average molecular weight is 215 g/mol. The van der Waals surface area contributed by atoms with Gasteiger partial charge in [-0.05, 0) is 31.0 Å². The van der Waals surface area contributed by atoms with E-state index in [4.69, 9.17) is 5.73 Å². The van der Waals surface area contributed by atoms with E-state index in [1.807, 2.05) is 23.0 Å². The minimum Gasteiger partial charge on any atom is -0.326 e. The summed E-state index contributed by atoms with van der Waals surface area (Å²) >= 11 is 0. The zero-order valence-electron chi connectivity index (χ0n) is 9.72. The van der Waals surface area contributed by atoms with Crippen LogP contribution in [-0.4, -0.2) is 9.78 Å². The molecule has 0 aliphatic heterocycles. The van der Waals surface area contributed by atoms with Crippen molar-refractivity contribution >= 4 is 0 Å². The Morgan fingerprint density at radius 3 is 2.75 bits per heavy atom. The molecule has 0 unspecified atom stereocenters. The lowest BCUT2D eigenvalue weighted by Gasteiger charge is -2.03. The van der Waals surface area contributed by atoms with Crippen LogP contribution >= 0.6 is 0 Å². The summed E-state index contributed by atoms with van der Waals surface area (Å²) in [6.45, 7) is 4.81. The minimum absolute atomic E-state index is 0.395. The van der Waals surface area contributed by atoms with Crippen LogP contribution < -0.4 is 5.73 Å². The monoisotopic (exact) mass is 215 g/mol. The fourth-order valence-electron chi connectivity index (χ4n) is 1.65. The van der Waals surface area contributed by atoms with Crippen molar-refractivity contribution in [1.82, 2.24) is 9.78 Å². The van der Waals surface area contributed by atoms with Crippen LogP contribution in [0.2, 0.25) is 0 Å². The second-order valence-corrected chi connectivity index (χ2v) is 4.21. The van der Waals surface area contributed by atoms with Crippen LogP contribution in [0.25, 0.3) is 11.1 Å². The highest BCUT2D eigenvalue weighted by Gasteiger charge is 2.04. The fraction of sp³-hybridized carbons (Fsp3) is 0.308. The van der Waals surface area contributed by atoms with Gasteiger partial charge in [-0.25, -0.2) is 0 Å². The van der Waals surface area contributed by atoms with E-state index >= 15 is 0 Å². The van der Waals surface area contributed by atoms with Gasteiger partial charge >= 0.3 is 0 Å². The first-order valence-electron chi connectivity index (χ1n) is 5.54. The molecule has 1 aromatic heterocycles. The van der Waals surface area contributed by atoms with Crippen molar-refractivity contribution in [3.8, 4) is 11.1 Å². The van der Waals surface area contributed by atoms with Crippen LogP contribution in [0.5, 0.6) is 0 Å². The summed E-state index contributed by atoms with van der Waals surface area (Å²) in [5.41, 5.74) is 9.10. The van der Waals surface area contributed by atoms with Gasteiger partial charge in [-0.1, -0.05) is 18.2 Å². The molecule has 3 nitrogen and oxygen atoms in total. The maximum atomic E-state index is 5.63. The van der Waals surface area contributed by atoms with Crippen LogP contribution in [0.1, 0.15) is 25.5 Å². The quantitative estimate of drug-likeness (QED) is 0.855. The Kier molecular flexibility index (Phi) is 3.06. The van der Waals surface area contributed by atoms with Crippen LogP contribution in [0.15, 0.2) is 36.7 Å². The minimum atomic E-state index is 0.395. The van der Waals surface area contributed by atoms with Gasteiger partial charge in [0.1, 0.15) is 0 Å². The van der Waals surface area contributed by atoms with Gasteiger partial charge in [0.05, 0.1) is 6.20 Å². The third kappa shape index (κ3) is 2.14. The highest BCUT2D eigenvalue weighted by Crippen LogP contribution is 2.20. The molecule has 0 saturated heterocycles. The smallest absolute Gasteiger partial charge is 0.0568 e. The van der Waals surface area contributed by atoms with E-state index in [0.717, 1.165) is 11.1 Å². The van der Waals surface area contributed by atoms with Crippen LogP contribution in [-0.2, 0) is 6.54 Å². The van der Waals surface area contributed by atoms with Crippen molar-refractivity contribution < 1.29 is 0 Å². The van der Waals surface area contributed by atoms with Crippen molar-refractivity contribution in [3.05, 3.63) is 42.2 Å². The molecule has 2 rings (SSSR count). The Balaban J connectivity index is 2.34. The Morgan fingerprint density at radius 2 is 2.12 bits per heavy atom. The normalized spacial score (nSPS) is 11.0. The molecule has 3 heteroatoms. The summed E-state index contributed by atoms with van der Waals surface area (Å²) in [5.74, 6) is 0. The van der Waals surface area contributed by atoms with E-state index in [2.05, 4.69) is 37.3 Å². The van der Waals surface area contributed by atoms with E-state index < -0.39 is 0 Å². The number of rotatable bonds is 3. The molecule has 0 aliphatic carbocycles. The molecule has 1 heterocycles. The summed E-state index contributed by atoms with van der Waals surface area (Å²) in [4.78, 5) is 0. The predicted octanol–water partition coefficient (Wildman–Crippen LogP) is 2.59. The topological polar surface area (TPSA) is 43.8 Å². The van der Waals surface area contributed by atoms with Crippen LogP contribution in [0.4, 0.5) is 0 Å². The number of hydrogen-bond acceptors (Lipinski definition) is 2. The van der Waals surface area contributed by atoms with Crippen molar-refractivity contribution in [1.29, 1.82) is 0 Å². The maximum Gasteiger partial charge on any atom is 0.0568 e. The molecule has 0 atom stereocenters. The Bertz CT molecular complexity index is 472. The highest BCUT2D eigenvalue weighted by molar-refractivity contribution is 5.62. The second kappa shape index (κ2) is 4.49. The molecule has 0 fully saturated rings. The molecule has 2 aromatic rings. The maximum absolute atomic E-state index is 5.63. The van der Waals surface area contributed by atoms with Gasteiger partial charge in [0, 0.05) is 24.3 Å². The van der Waals surface area contributed by atoms with Crippen molar-refractivity contribution in [3.63, 3.8) is 0 Å². The molecular formula is C13H17N3. The first-order chi connectivity index (χ1) is 7.70. The lowest BCUT2D eigenvalue weighted by Crippen LogP contribution is -1.99. The van der Waals surface area contributed by atoms with Gasteiger partial charge < -0.3 is 5.73 Å². The second-order valence-electron chi connectivity index (χ2n) is 4.21. The van der Waals surface area contributed by atoms with Crippen molar-refractivity contribution in [2.24, 2.45) is 5.73 Å². The number of nitrogens with zero attached hydrogens (tertiary/aromatic N) is 2. The molecule has 0 bridgehead atoms. The largest absolute Gasteiger partial charge is 0.326 e. The highest BCUT2D eigenvalue weighted by atomic mass is 15.3. The van der Waals surface area contributed by atoms with Gasteiger partial charge in [-0.2, -0.15) is 5.10 Å². The number of nitrogens with two attached hydrogens (primary N) is 1. The summed E-state index contributed by atoms with van der Waals surface area (Å²) in [5, 5.41) is 4.33. The summed E-state index contributed by atoms with van der Waals surface area (Å²) < 4.78 is 1.96. The van der Waals surface area contributed by atoms with Gasteiger partial charge in [0.25, 0.3) is 0 Å². The molecule has 0 radical (unpaired) electrons. The molecule has 2 N–H and O–H groups in total. The van der Waals surface area contributed by atoms with Crippen LogP contribution in [0.3, 0.4) is 0 Å². The SMILES string of the molecule is CC(C)n1cc(-c2cccc(CN)c2)cn1. The van der Waals surface area contributed by atoms with Gasteiger partial charge in [-0.3, -0.25) is 4.68 Å². The van der Waals surface area contributed by atoms with E-state index in [1.54, 1.807) is 0 Å². The number of aromatic nitrogens is 2. The lowest BCUT2D eigenvalue weighted by atomic mass is 10.1. The zero-order chi connectivity index (χ0) is 11.5. The zero-order valence-corrected chi connectivity index (χ0v) is 9.72. The number of benzene rings is 1. The van der Waals surface area contributed by atoms with Gasteiger partial charge in [-0.15, -0.1) is 0 Å². The van der Waals surface area contributed by atoms with Crippen LogP contribution in [0, 0.1) is 0 Å². The molecule has 0 aliphatic rings. The fourth-order valence-corrected chi connectivity index (χ4v) is 1.65. The average Bonchev–Trinajstić information content (AvgIpc) is 2.78. The van der Waals surface area contributed by atoms with Crippen molar-refractivity contribution in [2.75, 3.05) is 0 Å². The summed E-state index contributed by atoms with van der Waals surface area (Å²) in [6.07, 6.45) is 3.97. The third-order valence-corrected chi connectivity index (χ3v) is 2.63.